The minimum absolute atomic E-state index is 0.0794. The van der Waals surface area contributed by atoms with Crippen LogP contribution in [0.1, 0.15) is 17.5 Å². The van der Waals surface area contributed by atoms with Crippen LogP contribution in [0.15, 0.2) is 54.6 Å². The SMILES string of the molecule is COc1ccc(Cl)c(C2=CC3COCC(C2)N3C(=O)OCc2ccccc2)c1. The fourth-order valence-electron chi connectivity index (χ4n) is 3.75. The number of fused-ring (bicyclic) bond motifs is 2. The van der Waals surface area contributed by atoms with E-state index >= 15 is 0 Å². The van der Waals surface area contributed by atoms with Crippen molar-refractivity contribution in [3.05, 3.63) is 70.8 Å². The van der Waals surface area contributed by atoms with Gasteiger partial charge in [0.25, 0.3) is 0 Å². The van der Waals surface area contributed by atoms with E-state index in [-0.39, 0.29) is 24.8 Å². The number of carbonyl (C=O) groups is 1. The molecule has 2 bridgehead atoms. The van der Waals surface area contributed by atoms with Crippen LogP contribution in [-0.4, -0.2) is 43.4 Å². The maximum atomic E-state index is 12.8. The third-order valence-corrected chi connectivity index (χ3v) is 5.46. The molecule has 0 aromatic heterocycles. The van der Waals surface area contributed by atoms with Gasteiger partial charge in [-0.25, -0.2) is 4.79 Å². The molecule has 0 N–H and O–H groups in total. The third-order valence-electron chi connectivity index (χ3n) is 5.13. The predicted molar refractivity (Wildman–Crippen MR) is 107 cm³/mol. The van der Waals surface area contributed by atoms with Crippen molar-refractivity contribution in [3.63, 3.8) is 0 Å². The molecule has 6 heteroatoms. The lowest BCUT2D eigenvalue weighted by molar-refractivity contribution is -0.0342. The maximum Gasteiger partial charge on any atom is 0.411 e. The summed E-state index contributed by atoms with van der Waals surface area (Å²) in [6, 6.07) is 15.0. The molecule has 0 aliphatic carbocycles. The lowest BCUT2D eigenvalue weighted by atomic mass is 9.90. The summed E-state index contributed by atoms with van der Waals surface area (Å²) in [6.45, 7) is 1.19. The molecule has 2 aromatic carbocycles. The van der Waals surface area contributed by atoms with Crippen molar-refractivity contribution in [2.45, 2.75) is 25.1 Å². The molecule has 2 atom stereocenters. The molecular weight excluding hydrogens is 378 g/mol. The van der Waals surface area contributed by atoms with Gasteiger partial charge in [-0.15, -0.1) is 0 Å². The maximum absolute atomic E-state index is 12.8. The fraction of sp³-hybridized carbons (Fsp3) is 0.318. The molecule has 2 aliphatic heterocycles. The smallest absolute Gasteiger partial charge is 0.411 e. The number of amides is 1. The molecule has 28 heavy (non-hydrogen) atoms. The molecular formula is C22H22ClNO4. The van der Waals surface area contributed by atoms with Crippen molar-refractivity contribution in [2.24, 2.45) is 0 Å². The minimum Gasteiger partial charge on any atom is -0.497 e. The van der Waals surface area contributed by atoms with E-state index in [1.807, 2.05) is 48.5 Å². The van der Waals surface area contributed by atoms with Gasteiger partial charge in [-0.3, -0.25) is 4.90 Å². The van der Waals surface area contributed by atoms with Gasteiger partial charge in [0, 0.05) is 5.02 Å². The molecule has 4 rings (SSSR count). The van der Waals surface area contributed by atoms with Crippen LogP contribution in [0.25, 0.3) is 5.57 Å². The van der Waals surface area contributed by atoms with Gasteiger partial charge in [-0.05, 0) is 41.3 Å². The molecule has 1 fully saturated rings. The number of hydrogen-bond acceptors (Lipinski definition) is 4. The molecule has 0 saturated carbocycles. The van der Waals surface area contributed by atoms with Gasteiger partial charge >= 0.3 is 6.09 Å². The second-order valence-electron chi connectivity index (χ2n) is 6.95. The highest BCUT2D eigenvalue weighted by Gasteiger charge is 2.39. The second kappa shape index (κ2) is 8.25. The van der Waals surface area contributed by atoms with E-state index in [0.29, 0.717) is 24.7 Å². The van der Waals surface area contributed by atoms with E-state index in [1.54, 1.807) is 12.0 Å². The van der Waals surface area contributed by atoms with Crippen molar-refractivity contribution in [1.82, 2.24) is 4.90 Å². The summed E-state index contributed by atoms with van der Waals surface area (Å²) in [5.41, 5.74) is 3.01. The Morgan fingerprint density at radius 3 is 2.79 bits per heavy atom. The average Bonchev–Trinajstić information content (AvgIpc) is 2.72. The van der Waals surface area contributed by atoms with Crippen LogP contribution in [0.2, 0.25) is 5.02 Å². The zero-order chi connectivity index (χ0) is 19.5. The highest BCUT2D eigenvalue weighted by Crippen LogP contribution is 2.37. The summed E-state index contributed by atoms with van der Waals surface area (Å²) in [5.74, 6) is 0.756. The van der Waals surface area contributed by atoms with Crippen molar-refractivity contribution < 1.29 is 19.0 Å². The zero-order valence-electron chi connectivity index (χ0n) is 15.6. The van der Waals surface area contributed by atoms with Gasteiger partial charge < -0.3 is 14.2 Å². The summed E-state index contributed by atoms with van der Waals surface area (Å²) in [6.07, 6.45) is 2.40. The van der Waals surface area contributed by atoms with E-state index in [0.717, 1.165) is 22.4 Å². The monoisotopic (exact) mass is 399 g/mol. The normalized spacial score (nSPS) is 21.1. The van der Waals surface area contributed by atoms with Crippen LogP contribution in [0.3, 0.4) is 0 Å². The Morgan fingerprint density at radius 1 is 1.21 bits per heavy atom. The minimum atomic E-state index is -0.311. The Kier molecular flexibility index (Phi) is 5.55. The van der Waals surface area contributed by atoms with Crippen molar-refractivity contribution >= 4 is 23.3 Å². The number of nitrogens with zero attached hydrogens (tertiary/aromatic N) is 1. The number of benzene rings is 2. The number of methoxy groups -OCH3 is 1. The van der Waals surface area contributed by atoms with Gasteiger partial charge in [0.05, 0.1) is 32.4 Å². The fourth-order valence-corrected chi connectivity index (χ4v) is 3.99. The number of ether oxygens (including phenoxy) is 3. The predicted octanol–water partition coefficient (Wildman–Crippen LogP) is 4.54. The van der Waals surface area contributed by atoms with Crippen LogP contribution >= 0.6 is 11.6 Å². The quantitative estimate of drug-likeness (QED) is 0.757. The Balaban J connectivity index is 1.53. The molecule has 0 radical (unpaired) electrons. The van der Waals surface area contributed by atoms with E-state index in [1.165, 1.54) is 0 Å². The molecule has 146 valence electrons. The molecule has 5 nitrogen and oxygen atoms in total. The van der Waals surface area contributed by atoms with Crippen molar-refractivity contribution in [1.29, 1.82) is 0 Å². The number of morpholine rings is 1. The molecule has 1 saturated heterocycles. The van der Waals surface area contributed by atoms with Crippen molar-refractivity contribution in [2.75, 3.05) is 20.3 Å². The van der Waals surface area contributed by atoms with Crippen LogP contribution in [0.4, 0.5) is 4.79 Å². The summed E-state index contributed by atoms with van der Waals surface area (Å²) < 4.78 is 16.6. The first kappa shape index (κ1) is 18.8. The van der Waals surface area contributed by atoms with Crippen LogP contribution in [0, 0.1) is 0 Å². The van der Waals surface area contributed by atoms with E-state index in [9.17, 15) is 4.79 Å². The molecule has 2 unspecified atom stereocenters. The molecule has 2 aliphatic rings. The first-order chi connectivity index (χ1) is 13.7. The lowest BCUT2D eigenvalue weighted by Crippen LogP contribution is -2.56. The summed E-state index contributed by atoms with van der Waals surface area (Å²) in [5, 5.41) is 0.672. The molecule has 0 spiro atoms. The van der Waals surface area contributed by atoms with Crippen molar-refractivity contribution in [3.8, 4) is 5.75 Å². The first-order valence-electron chi connectivity index (χ1n) is 9.27. The van der Waals surface area contributed by atoms with Gasteiger partial charge in [0.1, 0.15) is 12.4 Å². The van der Waals surface area contributed by atoms with Crippen LogP contribution in [-0.2, 0) is 16.1 Å². The summed E-state index contributed by atoms with van der Waals surface area (Å²) in [4.78, 5) is 14.6. The van der Waals surface area contributed by atoms with Crippen LogP contribution in [0.5, 0.6) is 5.75 Å². The zero-order valence-corrected chi connectivity index (χ0v) is 16.4. The van der Waals surface area contributed by atoms with Crippen LogP contribution < -0.4 is 4.74 Å². The number of hydrogen-bond donors (Lipinski definition) is 0. The number of rotatable bonds is 4. The average molecular weight is 400 g/mol. The van der Waals surface area contributed by atoms with Gasteiger partial charge in [-0.2, -0.15) is 0 Å². The molecule has 1 amide bonds. The third kappa shape index (κ3) is 3.86. The van der Waals surface area contributed by atoms with Gasteiger partial charge in [0.15, 0.2) is 0 Å². The molecule has 2 aromatic rings. The van der Waals surface area contributed by atoms with E-state index < -0.39 is 0 Å². The summed E-state index contributed by atoms with van der Waals surface area (Å²) >= 11 is 6.43. The highest BCUT2D eigenvalue weighted by molar-refractivity contribution is 6.32. The van der Waals surface area contributed by atoms with Gasteiger partial charge in [-0.1, -0.05) is 48.0 Å². The van der Waals surface area contributed by atoms with E-state index in [4.69, 9.17) is 25.8 Å². The van der Waals surface area contributed by atoms with E-state index in [2.05, 4.69) is 6.08 Å². The Hall–Kier alpha value is -2.50. The standard InChI is InChI=1S/C22H22ClNO4/c1-26-19-7-8-21(23)20(11-19)16-9-17-13-27-14-18(10-16)24(17)22(25)28-12-15-5-3-2-4-6-15/h2-9,11,17-18H,10,12-14H2,1H3. The number of halogens is 1. The largest absolute Gasteiger partial charge is 0.497 e. The second-order valence-corrected chi connectivity index (χ2v) is 7.36. The lowest BCUT2D eigenvalue weighted by Gasteiger charge is -2.43. The highest BCUT2D eigenvalue weighted by atomic mass is 35.5. The van der Waals surface area contributed by atoms with Gasteiger partial charge in [0.2, 0.25) is 0 Å². The Labute approximate surface area is 169 Å². The first-order valence-corrected chi connectivity index (χ1v) is 9.65. The Bertz CT molecular complexity index is 883. The summed E-state index contributed by atoms with van der Waals surface area (Å²) in [7, 11) is 1.63. The topological polar surface area (TPSA) is 48.0 Å². The molecule has 2 heterocycles. The Morgan fingerprint density at radius 2 is 2.04 bits per heavy atom. The number of carbonyl (C=O) groups excluding carboxylic acids is 1.